The average molecular weight is 1550 g/mol. The maximum atomic E-state index is 12.8. The summed E-state index contributed by atoms with van der Waals surface area (Å²) in [5.41, 5.74) is 0.891. The number of rotatable bonds is 22. The van der Waals surface area contributed by atoms with Gasteiger partial charge in [0.05, 0.1) is 105 Å². The second-order valence-corrected chi connectivity index (χ2v) is 18.9. The number of carbonyl (C=O) groups excluding carboxylic acids is 6. The van der Waals surface area contributed by atoms with Crippen molar-refractivity contribution in [2.24, 2.45) is 0 Å². The van der Waals surface area contributed by atoms with Gasteiger partial charge in [-0.2, -0.15) is 0 Å². The molecule has 0 aliphatic carbocycles. The van der Waals surface area contributed by atoms with Crippen molar-refractivity contribution >= 4 is 182 Å². The van der Waals surface area contributed by atoms with Gasteiger partial charge in [-0.05, 0) is 136 Å². The number of carbonyl (C=O) groups is 6. The summed E-state index contributed by atoms with van der Waals surface area (Å²) >= 11 is 11.1. The minimum atomic E-state index is -1.18. The van der Waals surface area contributed by atoms with Crippen LogP contribution in [0.2, 0.25) is 0 Å². The van der Waals surface area contributed by atoms with Gasteiger partial charge >= 0.3 is 0 Å². The van der Waals surface area contributed by atoms with Crippen LogP contribution in [0.1, 0.15) is 41.4 Å². The molecule has 28 heteroatoms. The van der Waals surface area contributed by atoms with Crippen molar-refractivity contribution in [2.45, 2.75) is 24.4 Å². The van der Waals surface area contributed by atoms with E-state index in [-0.39, 0.29) is 67.8 Å². The van der Waals surface area contributed by atoms with E-state index in [0.29, 0.717) is 20.0 Å². The number of Topliss-reactive ketones (excluding diaryl/α,β-unsaturated/α-hetero) is 1. The normalized spacial score (nSPS) is 12.8. The van der Waals surface area contributed by atoms with E-state index in [1.807, 2.05) is 136 Å². The molecule has 0 heterocycles. The summed E-state index contributed by atoms with van der Waals surface area (Å²) in [4.78, 5) is 76.1. The van der Waals surface area contributed by atoms with Crippen LogP contribution in [0.15, 0.2) is 0 Å². The van der Waals surface area contributed by atoms with Gasteiger partial charge in [-0.15, -0.1) is 0 Å². The Morgan fingerprint density at radius 3 is 1.03 bits per heavy atom. The number of aliphatic hydroxyl groups is 10. The highest BCUT2D eigenvalue weighted by Crippen LogP contribution is 2.38. The Morgan fingerprint density at radius 2 is 0.774 bits per heavy atom. The van der Waals surface area contributed by atoms with Crippen LogP contribution in [0, 0.1) is 21.4 Å². The Balaban J connectivity index is 0.000000620. The van der Waals surface area contributed by atoms with Gasteiger partial charge in [0, 0.05) is 40.4 Å². The van der Waals surface area contributed by atoms with Crippen molar-refractivity contribution in [2.75, 3.05) is 89.6 Å². The molecule has 0 bridgehead atoms. The van der Waals surface area contributed by atoms with E-state index in [9.17, 15) is 54.3 Å². The third kappa shape index (κ3) is 17.2. The Kier molecular flexibility index (Phi) is 28.5. The topological polar surface area (TPSA) is 368 Å². The van der Waals surface area contributed by atoms with E-state index in [2.05, 4.69) is 26.6 Å². The largest absolute Gasteiger partial charge is 0.394 e. The first-order chi connectivity index (χ1) is 29.1. The van der Waals surface area contributed by atoms with Crippen molar-refractivity contribution in [1.29, 1.82) is 0 Å². The van der Waals surface area contributed by atoms with Gasteiger partial charge in [-0.3, -0.25) is 28.8 Å². The summed E-state index contributed by atoms with van der Waals surface area (Å²) < 4.78 is 2.02. The number of anilines is 2. The first-order valence-corrected chi connectivity index (χ1v) is 24.0. The minimum Gasteiger partial charge on any atom is -0.394 e. The molecule has 0 saturated heterocycles. The van der Waals surface area contributed by atoms with Crippen LogP contribution in [0.5, 0.6) is 0 Å². The number of hydrogen-bond donors (Lipinski definition) is 15. The lowest BCUT2D eigenvalue weighted by Crippen LogP contribution is -2.38. The van der Waals surface area contributed by atoms with Gasteiger partial charge in [0.2, 0.25) is 0 Å². The van der Waals surface area contributed by atoms with E-state index < -0.39 is 99.4 Å². The Morgan fingerprint density at radius 1 is 0.484 bits per heavy atom. The molecule has 2 aromatic rings. The van der Waals surface area contributed by atoms with E-state index in [0.717, 1.165) is 4.90 Å². The number of hydrogen-bond acceptors (Lipinski definition) is 17. The standard InChI is InChI=1S/2C17H22I3N3O8/c1-23(9(29)6-26)15-13(19)10(16(30)21-2-7(27)4-24)12(18)11(14(15)20)17(31)22-3-8(28)5-25;18-12-10(16(30)22-2-8(28)5-25)13(19)15(21-1-7(27)4-24)14(20)11(12)17(31)23-3-9(29)6-26/h7-8,24-28H,2-6H2,1H3,(H,21,30)(H,22,31);8-9,21,24-26,28-29H,1-6H2,(H,22,30)(H,23,31). The van der Waals surface area contributed by atoms with Crippen LogP contribution >= 0.6 is 136 Å². The van der Waals surface area contributed by atoms with Crippen LogP contribution in [0.25, 0.3) is 0 Å². The molecular formula is C34H44I6N6O16. The zero-order valence-corrected chi connectivity index (χ0v) is 45.2. The number of halogens is 6. The number of aliphatic hydroxyl groups excluding tert-OH is 10. The van der Waals surface area contributed by atoms with Crippen molar-refractivity contribution in [3.05, 3.63) is 43.7 Å². The van der Waals surface area contributed by atoms with Gasteiger partial charge in [0.15, 0.2) is 5.78 Å². The Labute approximate surface area is 436 Å². The van der Waals surface area contributed by atoms with Crippen molar-refractivity contribution in [3.8, 4) is 0 Å². The highest BCUT2D eigenvalue weighted by molar-refractivity contribution is 14.1. The molecule has 0 radical (unpaired) electrons. The van der Waals surface area contributed by atoms with Crippen LogP contribution < -0.4 is 31.5 Å². The molecule has 2 rings (SSSR count). The summed E-state index contributed by atoms with van der Waals surface area (Å²) in [6, 6.07) is 0. The molecular weight excluding hydrogens is 1510 g/mol. The highest BCUT2D eigenvalue weighted by Gasteiger charge is 2.32. The molecule has 0 aliphatic rings. The third-order valence-corrected chi connectivity index (χ3v) is 14.3. The average Bonchev–Trinajstić information content (AvgIpc) is 3.24. The zero-order valence-electron chi connectivity index (χ0n) is 32.2. The maximum absolute atomic E-state index is 12.8. The van der Waals surface area contributed by atoms with Crippen LogP contribution in [0.3, 0.4) is 0 Å². The summed E-state index contributed by atoms with van der Waals surface area (Å²) in [5.74, 6) is -3.68. The fraction of sp³-hybridized carbons (Fsp3) is 0.471. The van der Waals surface area contributed by atoms with Crippen molar-refractivity contribution in [1.82, 2.24) is 21.3 Å². The number of likely N-dealkylation sites (N-methyl/N-ethyl adjacent to an activating group) is 1. The number of ketones is 1. The molecule has 0 fully saturated rings. The highest BCUT2D eigenvalue weighted by atomic mass is 127. The first kappa shape index (κ1) is 59.3. The molecule has 62 heavy (non-hydrogen) atoms. The minimum absolute atomic E-state index is 0.0622. The van der Waals surface area contributed by atoms with E-state index >= 15 is 0 Å². The first-order valence-electron chi connectivity index (χ1n) is 17.5. The number of amides is 5. The molecule has 4 atom stereocenters. The molecule has 15 N–H and O–H groups in total. The molecule has 2 aromatic carbocycles. The van der Waals surface area contributed by atoms with Gasteiger partial charge in [-0.1, -0.05) is 0 Å². The lowest BCUT2D eigenvalue weighted by atomic mass is 10.1. The van der Waals surface area contributed by atoms with Gasteiger partial charge < -0.3 is 82.5 Å². The monoisotopic (exact) mass is 1550 g/mol. The summed E-state index contributed by atoms with van der Waals surface area (Å²) in [5, 5.41) is 105. The Hall–Kier alpha value is -0.760. The van der Waals surface area contributed by atoms with Gasteiger partial charge in [0.1, 0.15) is 13.2 Å². The fourth-order valence-electron chi connectivity index (χ4n) is 4.49. The SMILES string of the molecule is CN(C(=O)CO)c1c(I)c(C(=O)NCC(O)CO)c(I)c(C(=O)NCC(O)CO)c1I.O=C(CO)CNc1c(I)c(C(=O)NCC(O)CO)c(I)c(C(=O)NCC(O)CO)c1I. The molecule has 0 saturated carbocycles. The van der Waals surface area contributed by atoms with Crippen LogP contribution in [-0.4, -0.2) is 190 Å². The molecule has 4 unspecified atom stereocenters. The summed E-state index contributed by atoms with van der Waals surface area (Å²) in [6.45, 7) is -4.81. The number of benzene rings is 2. The lowest BCUT2D eigenvalue weighted by Gasteiger charge is -2.25. The third-order valence-electron chi connectivity index (χ3n) is 7.84. The molecule has 0 aromatic heterocycles. The lowest BCUT2D eigenvalue weighted by molar-refractivity contribution is -0.121. The quantitative estimate of drug-likeness (QED) is 0.0532. The molecule has 0 spiro atoms. The Bertz CT molecular complexity index is 1830. The van der Waals surface area contributed by atoms with E-state index in [1.165, 1.54) is 7.05 Å². The summed E-state index contributed by atoms with van der Waals surface area (Å²) in [7, 11) is 1.39. The molecule has 348 valence electrons. The van der Waals surface area contributed by atoms with Crippen LogP contribution in [-0.2, 0) is 9.59 Å². The number of nitrogens with one attached hydrogen (secondary N) is 5. The maximum Gasteiger partial charge on any atom is 0.253 e. The van der Waals surface area contributed by atoms with Crippen molar-refractivity contribution in [3.63, 3.8) is 0 Å². The molecule has 22 nitrogen and oxygen atoms in total. The van der Waals surface area contributed by atoms with Gasteiger partial charge in [-0.25, -0.2) is 0 Å². The smallest absolute Gasteiger partial charge is 0.253 e. The van der Waals surface area contributed by atoms with E-state index in [4.69, 9.17) is 25.5 Å². The van der Waals surface area contributed by atoms with Gasteiger partial charge in [0.25, 0.3) is 29.5 Å². The second kappa shape index (κ2) is 29.8. The second-order valence-electron chi connectivity index (χ2n) is 12.5. The predicted molar refractivity (Wildman–Crippen MR) is 272 cm³/mol. The zero-order chi connectivity index (χ0) is 47.6. The predicted octanol–water partition coefficient (Wildman–Crippen LogP) is -2.74. The van der Waals surface area contributed by atoms with E-state index in [1.54, 1.807) is 0 Å². The molecule has 5 amide bonds. The fourth-order valence-corrected chi connectivity index (χ4v) is 13.9. The molecule has 0 aliphatic heterocycles. The van der Waals surface area contributed by atoms with Crippen molar-refractivity contribution < 1.29 is 79.8 Å². The van der Waals surface area contributed by atoms with Crippen LogP contribution in [0.4, 0.5) is 11.4 Å². The summed E-state index contributed by atoms with van der Waals surface area (Å²) in [6.07, 6.45) is -4.68. The number of nitrogens with zero attached hydrogens (tertiary/aromatic N) is 1.